The van der Waals surface area contributed by atoms with Gasteiger partial charge >= 0.3 is 6.03 Å². The van der Waals surface area contributed by atoms with Crippen LogP contribution in [0, 0.1) is 0 Å². The monoisotopic (exact) mass is 360 g/mol. The van der Waals surface area contributed by atoms with E-state index in [4.69, 9.17) is 0 Å². The molecular weight excluding hydrogens is 336 g/mol. The van der Waals surface area contributed by atoms with Gasteiger partial charge in [0.05, 0.1) is 12.1 Å². The normalized spacial score (nSPS) is 11.8. The molecule has 0 heterocycles. The van der Waals surface area contributed by atoms with Crippen LogP contribution < -0.4 is 10.6 Å². The molecule has 0 radical (unpaired) electrons. The number of carbonyl (C=O) groups excluding carboxylic acids is 1. The molecule has 0 unspecified atom stereocenters. The predicted octanol–water partition coefficient (Wildman–Crippen LogP) is 3.68. The number of carbonyl (C=O) groups is 1. The van der Waals surface area contributed by atoms with Gasteiger partial charge in [0.2, 0.25) is 0 Å². The van der Waals surface area contributed by atoms with Gasteiger partial charge in [-0.2, -0.15) is 0 Å². The Morgan fingerprint density at radius 2 is 1.26 bits per heavy atom. The second-order valence-corrected chi connectivity index (χ2v) is 6.45. The first-order chi connectivity index (χ1) is 13.2. The van der Waals surface area contributed by atoms with Crippen LogP contribution in [0.3, 0.4) is 0 Å². The van der Waals surface area contributed by atoms with E-state index in [2.05, 4.69) is 10.6 Å². The van der Waals surface area contributed by atoms with Crippen molar-refractivity contribution in [3.05, 3.63) is 108 Å². The third-order valence-electron chi connectivity index (χ3n) is 4.35. The second-order valence-electron chi connectivity index (χ2n) is 6.45. The summed E-state index contributed by atoms with van der Waals surface area (Å²) in [5.41, 5.74) is 3.05. The molecular formula is C23H24N2O2. The number of aliphatic hydroxyl groups excluding tert-OH is 1. The molecule has 0 aliphatic heterocycles. The van der Waals surface area contributed by atoms with Gasteiger partial charge in [-0.3, -0.25) is 0 Å². The SMILES string of the molecule is O=C(NC[C@H](O)Cc1ccccc1)NC(c1ccccc1)c1ccccc1. The van der Waals surface area contributed by atoms with Gasteiger partial charge < -0.3 is 15.7 Å². The lowest BCUT2D eigenvalue weighted by atomic mass is 9.99. The predicted molar refractivity (Wildman–Crippen MR) is 107 cm³/mol. The van der Waals surface area contributed by atoms with Crippen LogP contribution in [0.25, 0.3) is 0 Å². The molecule has 4 heteroatoms. The van der Waals surface area contributed by atoms with Gasteiger partial charge in [-0.1, -0.05) is 91.0 Å². The van der Waals surface area contributed by atoms with Crippen LogP contribution >= 0.6 is 0 Å². The molecule has 4 nitrogen and oxygen atoms in total. The van der Waals surface area contributed by atoms with Crippen LogP contribution in [0.4, 0.5) is 4.79 Å². The molecule has 3 aromatic carbocycles. The number of benzene rings is 3. The summed E-state index contributed by atoms with van der Waals surface area (Å²) >= 11 is 0. The number of urea groups is 1. The summed E-state index contributed by atoms with van der Waals surface area (Å²) in [7, 11) is 0. The molecule has 0 spiro atoms. The van der Waals surface area contributed by atoms with Crippen LogP contribution in [-0.2, 0) is 6.42 Å². The summed E-state index contributed by atoms with van der Waals surface area (Å²) in [6.07, 6.45) is -0.132. The average Bonchev–Trinajstić information content (AvgIpc) is 2.72. The smallest absolute Gasteiger partial charge is 0.315 e. The lowest BCUT2D eigenvalue weighted by Gasteiger charge is -2.21. The largest absolute Gasteiger partial charge is 0.391 e. The topological polar surface area (TPSA) is 61.4 Å². The molecule has 3 N–H and O–H groups in total. The van der Waals surface area contributed by atoms with E-state index in [1.54, 1.807) is 0 Å². The molecule has 1 atom stereocenters. The highest BCUT2D eigenvalue weighted by molar-refractivity contribution is 5.75. The number of hydrogen-bond acceptors (Lipinski definition) is 2. The molecule has 0 aliphatic rings. The van der Waals surface area contributed by atoms with Crippen molar-refractivity contribution in [3.8, 4) is 0 Å². The Hall–Kier alpha value is -3.11. The van der Waals surface area contributed by atoms with Gasteiger partial charge in [-0.15, -0.1) is 0 Å². The van der Waals surface area contributed by atoms with Gasteiger partial charge in [0.25, 0.3) is 0 Å². The van der Waals surface area contributed by atoms with Crippen LogP contribution in [0.1, 0.15) is 22.7 Å². The maximum atomic E-state index is 12.4. The molecule has 2 amide bonds. The summed E-state index contributed by atoms with van der Waals surface area (Å²) < 4.78 is 0. The zero-order valence-corrected chi connectivity index (χ0v) is 15.1. The summed E-state index contributed by atoms with van der Waals surface area (Å²) in [6.45, 7) is 0.191. The number of amides is 2. The van der Waals surface area contributed by atoms with Crippen molar-refractivity contribution in [1.82, 2.24) is 10.6 Å². The molecule has 0 aromatic heterocycles. The summed E-state index contributed by atoms with van der Waals surface area (Å²) in [5, 5.41) is 16.0. The van der Waals surface area contributed by atoms with Gasteiger partial charge in [-0.05, 0) is 16.7 Å². The van der Waals surface area contributed by atoms with Gasteiger partial charge in [0.1, 0.15) is 0 Å². The Labute approximate surface area is 159 Å². The van der Waals surface area contributed by atoms with Crippen molar-refractivity contribution in [2.75, 3.05) is 6.54 Å². The van der Waals surface area contributed by atoms with Crippen LogP contribution in [-0.4, -0.2) is 23.8 Å². The Morgan fingerprint density at radius 3 is 1.78 bits per heavy atom. The zero-order valence-electron chi connectivity index (χ0n) is 15.1. The summed E-state index contributed by atoms with van der Waals surface area (Å²) in [6, 6.07) is 28.8. The number of rotatable bonds is 7. The van der Waals surface area contributed by atoms with E-state index >= 15 is 0 Å². The van der Waals surface area contributed by atoms with Crippen LogP contribution in [0.2, 0.25) is 0 Å². The average molecular weight is 360 g/mol. The minimum absolute atomic E-state index is 0.191. The Balaban J connectivity index is 1.60. The molecule has 0 saturated heterocycles. The minimum atomic E-state index is -0.634. The molecule has 138 valence electrons. The highest BCUT2D eigenvalue weighted by atomic mass is 16.3. The molecule has 27 heavy (non-hydrogen) atoms. The highest BCUT2D eigenvalue weighted by Gasteiger charge is 2.17. The molecule has 0 bridgehead atoms. The molecule has 0 fully saturated rings. The van der Waals surface area contributed by atoms with E-state index in [-0.39, 0.29) is 18.6 Å². The lowest BCUT2D eigenvalue weighted by molar-refractivity contribution is 0.170. The van der Waals surface area contributed by atoms with Crippen LogP contribution in [0.15, 0.2) is 91.0 Å². The van der Waals surface area contributed by atoms with E-state index < -0.39 is 6.10 Å². The van der Waals surface area contributed by atoms with Crippen LogP contribution in [0.5, 0.6) is 0 Å². The third kappa shape index (κ3) is 5.69. The molecule has 3 rings (SSSR count). The fourth-order valence-electron chi connectivity index (χ4n) is 3.00. The van der Waals surface area contributed by atoms with Crippen molar-refractivity contribution in [3.63, 3.8) is 0 Å². The van der Waals surface area contributed by atoms with E-state index in [0.717, 1.165) is 16.7 Å². The van der Waals surface area contributed by atoms with E-state index in [0.29, 0.717) is 6.42 Å². The van der Waals surface area contributed by atoms with E-state index in [1.807, 2.05) is 91.0 Å². The van der Waals surface area contributed by atoms with Crippen molar-refractivity contribution in [2.45, 2.75) is 18.6 Å². The maximum Gasteiger partial charge on any atom is 0.315 e. The van der Waals surface area contributed by atoms with E-state index in [1.165, 1.54) is 0 Å². The van der Waals surface area contributed by atoms with Gasteiger partial charge in [0.15, 0.2) is 0 Å². The fourth-order valence-corrected chi connectivity index (χ4v) is 3.00. The second kappa shape index (κ2) is 9.55. The number of nitrogens with one attached hydrogen (secondary N) is 2. The Bertz CT molecular complexity index is 783. The van der Waals surface area contributed by atoms with Crippen molar-refractivity contribution in [2.24, 2.45) is 0 Å². The van der Waals surface area contributed by atoms with Crippen molar-refractivity contribution < 1.29 is 9.90 Å². The maximum absolute atomic E-state index is 12.4. The van der Waals surface area contributed by atoms with Crippen molar-refractivity contribution >= 4 is 6.03 Å². The van der Waals surface area contributed by atoms with Gasteiger partial charge in [-0.25, -0.2) is 4.79 Å². The number of hydrogen-bond donors (Lipinski definition) is 3. The Kier molecular flexibility index (Phi) is 6.61. The summed E-state index contributed by atoms with van der Waals surface area (Å²) in [4.78, 5) is 12.4. The quantitative estimate of drug-likeness (QED) is 0.602. The first-order valence-electron chi connectivity index (χ1n) is 9.08. The van der Waals surface area contributed by atoms with E-state index in [9.17, 15) is 9.90 Å². The van der Waals surface area contributed by atoms with Crippen molar-refractivity contribution in [1.29, 1.82) is 0 Å². The standard InChI is InChI=1S/C23H24N2O2/c26-21(16-18-10-4-1-5-11-18)17-24-23(27)25-22(19-12-6-2-7-13-19)20-14-8-3-9-15-20/h1-15,21-22,26H,16-17H2,(H2,24,25,27)/t21-/m1/s1. The lowest BCUT2D eigenvalue weighted by Crippen LogP contribution is -2.42. The Morgan fingerprint density at radius 1 is 0.778 bits per heavy atom. The molecule has 0 saturated carbocycles. The third-order valence-corrected chi connectivity index (χ3v) is 4.35. The molecule has 3 aromatic rings. The highest BCUT2D eigenvalue weighted by Crippen LogP contribution is 2.21. The first kappa shape index (κ1) is 18.7. The summed E-state index contributed by atoms with van der Waals surface area (Å²) in [5.74, 6) is 0. The molecule has 0 aliphatic carbocycles. The minimum Gasteiger partial charge on any atom is -0.391 e. The number of aliphatic hydroxyl groups is 1. The van der Waals surface area contributed by atoms with Gasteiger partial charge in [0, 0.05) is 13.0 Å². The first-order valence-corrected chi connectivity index (χ1v) is 9.08. The zero-order chi connectivity index (χ0) is 18.9. The fraction of sp³-hybridized carbons (Fsp3) is 0.174.